The fraction of sp³-hybridized carbons (Fsp3) is 0.591. The van der Waals surface area contributed by atoms with Crippen LogP contribution in [0.15, 0.2) is 18.2 Å². The zero-order valence-corrected chi connectivity index (χ0v) is 17.0. The number of rotatable bonds is 6. The van der Waals surface area contributed by atoms with Gasteiger partial charge in [-0.1, -0.05) is 18.6 Å². The predicted octanol–water partition coefficient (Wildman–Crippen LogP) is 1.32. The third kappa shape index (κ3) is 4.36. The highest BCUT2D eigenvalue weighted by Crippen LogP contribution is 2.29. The third-order valence-electron chi connectivity index (χ3n) is 6.46. The zero-order valence-electron chi connectivity index (χ0n) is 17.0. The largest absolute Gasteiger partial charge is 0.322 e. The number of fused-ring (bicyclic) bond motifs is 1. The molecule has 1 saturated heterocycles. The van der Waals surface area contributed by atoms with E-state index in [0.717, 1.165) is 30.1 Å². The molecule has 2 heterocycles. The van der Waals surface area contributed by atoms with Gasteiger partial charge in [-0.05, 0) is 62.4 Å². The second-order valence-electron chi connectivity index (χ2n) is 8.56. The van der Waals surface area contributed by atoms with Crippen molar-refractivity contribution < 1.29 is 14.4 Å². The molecule has 1 saturated carbocycles. The molecule has 156 valence electrons. The smallest absolute Gasteiger partial charge is 0.255 e. The number of carbonyl (C=O) groups excluding carboxylic acids is 3. The Balaban J connectivity index is 1.38. The number of nitrogens with one attached hydrogen (secondary N) is 3. The summed E-state index contributed by atoms with van der Waals surface area (Å²) in [5.74, 6) is -0.000754. The van der Waals surface area contributed by atoms with Gasteiger partial charge in [0.15, 0.2) is 0 Å². The van der Waals surface area contributed by atoms with Crippen molar-refractivity contribution in [2.45, 2.75) is 63.7 Å². The molecule has 7 heteroatoms. The van der Waals surface area contributed by atoms with Gasteiger partial charge >= 0.3 is 0 Å². The quantitative estimate of drug-likeness (QED) is 0.629. The Bertz CT molecular complexity index is 807. The summed E-state index contributed by atoms with van der Waals surface area (Å²) in [6, 6.07) is 6.00. The average molecular weight is 399 g/mol. The summed E-state index contributed by atoms with van der Waals surface area (Å²) in [6.07, 6.45) is 5.62. The molecule has 3 atom stereocenters. The van der Waals surface area contributed by atoms with E-state index < -0.39 is 6.04 Å². The second-order valence-corrected chi connectivity index (χ2v) is 8.56. The zero-order chi connectivity index (χ0) is 20.4. The van der Waals surface area contributed by atoms with E-state index >= 15 is 0 Å². The van der Waals surface area contributed by atoms with E-state index in [9.17, 15) is 14.4 Å². The van der Waals surface area contributed by atoms with Crippen molar-refractivity contribution in [3.63, 3.8) is 0 Å². The van der Waals surface area contributed by atoms with Crippen molar-refractivity contribution in [1.29, 1.82) is 0 Å². The molecule has 7 nitrogen and oxygen atoms in total. The van der Waals surface area contributed by atoms with E-state index in [0.29, 0.717) is 24.6 Å². The molecule has 29 heavy (non-hydrogen) atoms. The van der Waals surface area contributed by atoms with Gasteiger partial charge in [-0.2, -0.15) is 0 Å². The lowest BCUT2D eigenvalue weighted by Crippen LogP contribution is -2.52. The Hall–Kier alpha value is -2.25. The van der Waals surface area contributed by atoms with Crippen LogP contribution in [0.4, 0.5) is 0 Å². The molecule has 0 radical (unpaired) electrons. The number of hydrogen-bond acceptors (Lipinski definition) is 5. The summed E-state index contributed by atoms with van der Waals surface area (Å²) in [6.45, 7) is 2.25. The van der Waals surface area contributed by atoms with Crippen LogP contribution in [0.1, 0.15) is 60.0 Å². The third-order valence-corrected chi connectivity index (χ3v) is 6.46. The van der Waals surface area contributed by atoms with Crippen LogP contribution in [0, 0.1) is 5.92 Å². The van der Waals surface area contributed by atoms with Crippen molar-refractivity contribution in [2.75, 3.05) is 13.6 Å². The summed E-state index contributed by atoms with van der Waals surface area (Å²) in [7, 11) is 2.01. The molecule has 3 unspecified atom stereocenters. The molecular weight excluding hydrogens is 368 g/mol. The minimum atomic E-state index is -0.555. The van der Waals surface area contributed by atoms with Gasteiger partial charge in [-0.3, -0.25) is 19.7 Å². The summed E-state index contributed by atoms with van der Waals surface area (Å²) >= 11 is 0. The lowest BCUT2D eigenvalue weighted by molar-refractivity contribution is -0.136. The van der Waals surface area contributed by atoms with Gasteiger partial charge in [0.05, 0.1) is 0 Å². The monoisotopic (exact) mass is 398 g/mol. The minimum absolute atomic E-state index is 0.108. The van der Waals surface area contributed by atoms with Gasteiger partial charge < -0.3 is 15.5 Å². The SMILES string of the molecule is CNCC1CCCC(NCc2ccc3c(c2)C(=O)N(C2CCC(=O)NC2=O)C3)C1. The molecule has 0 bridgehead atoms. The Labute approximate surface area is 171 Å². The van der Waals surface area contributed by atoms with Crippen LogP contribution in [-0.4, -0.2) is 48.3 Å². The predicted molar refractivity (Wildman–Crippen MR) is 109 cm³/mol. The maximum absolute atomic E-state index is 12.9. The Morgan fingerprint density at radius 3 is 2.83 bits per heavy atom. The first-order valence-electron chi connectivity index (χ1n) is 10.7. The average Bonchev–Trinajstić information content (AvgIpc) is 3.03. The van der Waals surface area contributed by atoms with Crippen LogP contribution in [-0.2, 0) is 22.7 Å². The maximum atomic E-state index is 12.9. The molecule has 2 aliphatic heterocycles. The number of hydrogen-bond donors (Lipinski definition) is 3. The Morgan fingerprint density at radius 1 is 1.17 bits per heavy atom. The van der Waals surface area contributed by atoms with Crippen LogP contribution in [0.5, 0.6) is 0 Å². The second kappa shape index (κ2) is 8.63. The minimum Gasteiger partial charge on any atom is -0.322 e. The van der Waals surface area contributed by atoms with Crippen LogP contribution in [0.2, 0.25) is 0 Å². The van der Waals surface area contributed by atoms with Gasteiger partial charge in [0.25, 0.3) is 5.91 Å². The fourth-order valence-corrected chi connectivity index (χ4v) is 4.92. The van der Waals surface area contributed by atoms with Crippen molar-refractivity contribution >= 4 is 17.7 Å². The van der Waals surface area contributed by atoms with E-state index in [1.165, 1.54) is 25.7 Å². The highest BCUT2D eigenvalue weighted by molar-refractivity contribution is 6.05. The molecule has 1 aromatic carbocycles. The molecule has 4 rings (SSSR count). The molecule has 1 aliphatic carbocycles. The Kier molecular flexibility index (Phi) is 5.96. The number of nitrogens with zero attached hydrogens (tertiary/aromatic N) is 1. The number of benzene rings is 1. The van der Waals surface area contributed by atoms with Gasteiger partial charge in [-0.15, -0.1) is 0 Å². The fourth-order valence-electron chi connectivity index (χ4n) is 4.92. The highest BCUT2D eigenvalue weighted by atomic mass is 16.2. The van der Waals surface area contributed by atoms with Crippen LogP contribution >= 0.6 is 0 Å². The van der Waals surface area contributed by atoms with Crippen LogP contribution in [0.25, 0.3) is 0 Å². The van der Waals surface area contributed by atoms with Crippen LogP contribution in [0.3, 0.4) is 0 Å². The molecule has 0 spiro atoms. The van der Waals surface area contributed by atoms with Gasteiger partial charge in [0.2, 0.25) is 11.8 Å². The summed E-state index contributed by atoms with van der Waals surface area (Å²) < 4.78 is 0. The van der Waals surface area contributed by atoms with Crippen molar-refractivity contribution in [1.82, 2.24) is 20.9 Å². The first-order valence-corrected chi connectivity index (χ1v) is 10.7. The number of amides is 3. The lowest BCUT2D eigenvalue weighted by atomic mass is 9.85. The van der Waals surface area contributed by atoms with Crippen molar-refractivity contribution in [3.05, 3.63) is 34.9 Å². The van der Waals surface area contributed by atoms with E-state index in [-0.39, 0.29) is 24.1 Å². The lowest BCUT2D eigenvalue weighted by Gasteiger charge is -2.30. The molecule has 2 fully saturated rings. The molecular formula is C22H30N4O3. The standard InChI is InChI=1S/C22H30N4O3/c1-23-11-14-3-2-4-17(9-14)24-12-15-5-6-16-13-26(22(29)18(16)10-15)19-7-8-20(27)25-21(19)28/h5-6,10,14,17,19,23-24H,2-4,7-9,11-13H2,1H3,(H,25,27,28). The number of piperidine rings is 1. The van der Waals surface area contributed by atoms with Crippen LogP contribution < -0.4 is 16.0 Å². The molecule has 3 aliphatic rings. The molecule has 3 amide bonds. The molecule has 0 aromatic heterocycles. The van der Waals surface area contributed by atoms with Gasteiger partial charge in [0.1, 0.15) is 6.04 Å². The summed E-state index contributed by atoms with van der Waals surface area (Å²) in [5.41, 5.74) is 2.74. The summed E-state index contributed by atoms with van der Waals surface area (Å²) in [5, 5.41) is 9.30. The summed E-state index contributed by atoms with van der Waals surface area (Å²) in [4.78, 5) is 38.1. The van der Waals surface area contributed by atoms with Gasteiger partial charge in [0, 0.05) is 31.1 Å². The van der Waals surface area contributed by atoms with E-state index in [1.807, 2.05) is 19.2 Å². The first-order chi connectivity index (χ1) is 14.0. The van der Waals surface area contributed by atoms with E-state index in [4.69, 9.17) is 0 Å². The van der Waals surface area contributed by atoms with E-state index in [1.54, 1.807) is 4.90 Å². The van der Waals surface area contributed by atoms with E-state index in [2.05, 4.69) is 22.0 Å². The van der Waals surface area contributed by atoms with Crippen molar-refractivity contribution in [2.24, 2.45) is 5.92 Å². The Morgan fingerprint density at radius 2 is 2.03 bits per heavy atom. The van der Waals surface area contributed by atoms with Crippen molar-refractivity contribution in [3.8, 4) is 0 Å². The topological polar surface area (TPSA) is 90.5 Å². The first kappa shape index (κ1) is 20.0. The van der Waals surface area contributed by atoms with Gasteiger partial charge in [-0.25, -0.2) is 0 Å². The highest BCUT2D eigenvalue weighted by Gasteiger charge is 2.39. The number of carbonyl (C=O) groups is 3. The molecule has 1 aromatic rings. The maximum Gasteiger partial charge on any atom is 0.255 e. The number of imide groups is 1. The normalized spacial score (nSPS) is 27.1. The molecule has 3 N–H and O–H groups in total.